The van der Waals surface area contributed by atoms with E-state index >= 15 is 0 Å². The third kappa shape index (κ3) is 7.11. The molecule has 0 atom stereocenters. The van der Waals surface area contributed by atoms with Gasteiger partial charge in [0, 0.05) is 32.0 Å². The van der Waals surface area contributed by atoms with Crippen LogP contribution in [0.15, 0.2) is 24.3 Å². The Morgan fingerprint density at radius 1 is 1.14 bits per heavy atom. The highest BCUT2D eigenvalue weighted by Crippen LogP contribution is 2.08. The molecule has 2 N–H and O–H groups in total. The zero-order valence-electron chi connectivity index (χ0n) is 13.0. The quantitative estimate of drug-likeness (QED) is 0.527. The van der Waals surface area contributed by atoms with Gasteiger partial charge in [0.05, 0.1) is 19.6 Å². The van der Waals surface area contributed by atoms with E-state index in [0.717, 1.165) is 5.56 Å². The highest BCUT2D eigenvalue weighted by molar-refractivity contribution is 5.79. The van der Waals surface area contributed by atoms with Crippen LogP contribution in [0.2, 0.25) is 0 Å². The van der Waals surface area contributed by atoms with Gasteiger partial charge >= 0.3 is 0 Å². The van der Waals surface area contributed by atoms with Crippen molar-refractivity contribution in [3.05, 3.63) is 29.8 Å². The lowest BCUT2D eigenvalue weighted by Crippen LogP contribution is -2.37. The van der Waals surface area contributed by atoms with Gasteiger partial charge in [-0.15, -0.1) is 0 Å². The predicted octanol–water partition coefficient (Wildman–Crippen LogP) is 1.71. The number of anilines is 1. The van der Waals surface area contributed by atoms with Gasteiger partial charge in [-0.05, 0) is 31.5 Å². The van der Waals surface area contributed by atoms with Crippen molar-refractivity contribution in [2.45, 2.75) is 20.3 Å². The maximum Gasteiger partial charge on any atom is 0.227 e. The summed E-state index contributed by atoms with van der Waals surface area (Å²) in [4.78, 5) is 14.2. The number of nitrogens with two attached hydrogens (primary N) is 1. The maximum absolute atomic E-state index is 12.4. The fourth-order valence-electron chi connectivity index (χ4n) is 1.99. The van der Waals surface area contributed by atoms with Crippen molar-refractivity contribution in [3.63, 3.8) is 0 Å². The van der Waals surface area contributed by atoms with Crippen LogP contribution in [-0.2, 0) is 20.7 Å². The predicted molar refractivity (Wildman–Crippen MR) is 84.1 cm³/mol. The van der Waals surface area contributed by atoms with Crippen molar-refractivity contribution in [3.8, 4) is 0 Å². The number of carbonyl (C=O) groups is 1. The fraction of sp³-hybridized carbons (Fsp3) is 0.562. The topological polar surface area (TPSA) is 64.8 Å². The van der Waals surface area contributed by atoms with Crippen LogP contribution in [0.1, 0.15) is 19.4 Å². The Hall–Kier alpha value is -1.59. The molecule has 0 aliphatic heterocycles. The molecule has 0 aliphatic rings. The molecule has 0 heterocycles. The SMILES string of the molecule is CCOCCN(CCOCC)C(=O)Cc1cccc(N)c1. The second-order valence-electron chi connectivity index (χ2n) is 4.70. The van der Waals surface area contributed by atoms with Gasteiger partial charge in [0.2, 0.25) is 5.91 Å². The first-order chi connectivity index (χ1) is 10.2. The van der Waals surface area contributed by atoms with Crippen LogP contribution in [0.5, 0.6) is 0 Å². The number of carbonyl (C=O) groups excluding carboxylic acids is 1. The Bertz CT molecular complexity index is 414. The minimum atomic E-state index is 0.0695. The Kier molecular flexibility index (Phi) is 8.47. The first-order valence-electron chi connectivity index (χ1n) is 7.45. The third-order valence-corrected chi connectivity index (χ3v) is 3.08. The number of nitrogens with zero attached hydrogens (tertiary/aromatic N) is 1. The van der Waals surface area contributed by atoms with E-state index in [1.165, 1.54) is 0 Å². The molecule has 0 spiro atoms. The number of hydrogen-bond acceptors (Lipinski definition) is 4. The lowest BCUT2D eigenvalue weighted by Gasteiger charge is -2.22. The van der Waals surface area contributed by atoms with E-state index in [1.807, 2.05) is 38.1 Å². The average Bonchev–Trinajstić information content (AvgIpc) is 2.46. The summed E-state index contributed by atoms with van der Waals surface area (Å²) in [6.07, 6.45) is 0.350. The largest absolute Gasteiger partial charge is 0.399 e. The number of nitrogen functional groups attached to an aromatic ring is 1. The van der Waals surface area contributed by atoms with E-state index in [0.29, 0.717) is 51.6 Å². The van der Waals surface area contributed by atoms with E-state index in [4.69, 9.17) is 15.2 Å². The van der Waals surface area contributed by atoms with Crippen LogP contribution in [0.25, 0.3) is 0 Å². The number of amides is 1. The molecule has 0 saturated carbocycles. The van der Waals surface area contributed by atoms with Crippen LogP contribution in [0.3, 0.4) is 0 Å². The zero-order valence-corrected chi connectivity index (χ0v) is 13.0. The maximum atomic E-state index is 12.4. The minimum absolute atomic E-state index is 0.0695. The summed E-state index contributed by atoms with van der Waals surface area (Å²) in [5, 5.41) is 0. The van der Waals surface area contributed by atoms with E-state index in [-0.39, 0.29) is 5.91 Å². The number of ether oxygens (including phenoxy) is 2. The number of rotatable bonds is 10. The minimum Gasteiger partial charge on any atom is -0.399 e. The molecule has 0 aromatic heterocycles. The lowest BCUT2D eigenvalue weighted by atomic mass is 10.1. The fourth-order valence-corrected chi connectivity index (χ4v) is 1.99. The van der Waals surface area contributed by atoms with Crippen molar-refractivity contribution in [1.82, 2.24) is 4.90 Å². The van der Waals surface area contributed by atoms with Crippen LogP contribution in [-0.4, -0.2) is 50.3 Å². The van der Waals surface area contributed by atoms with Crippen LogP contribution < -0.4 is 5.73 Å². The van der Waals surface area contributed by atoms with E-state index in [9.17, 15) is 4.79 Å². The van der Waals surface area contributed by atoms with Gasteiger partial charge in [-0.25, -0.2) is 0 Å². The molecular weight excluding hydrogens is 268 g/mol. The smallest absolute Gasteiger partial charge is 0.227 e. The average molecular weight is 294 g/mol. The van der Waals surface area contributed by atoms with Crippen molar-refractivity contribution >= 4 is 11.6 Å². The summed E-state index contributed by atoms with van der Waals surface area (Å²) in [7, 11) is 0. The standard InChI is InChI=1S/C16H26N2O3/c1-3-20-10-8-18(9-11-21-4-2)16(19)13-14-6-5-7-15(17)12-14/h5-7,12H,3-4,8-11,13,17H2,1-2H3. The van der Waals surface area contributed by atoms with E-state index in [1.54, 1.807) is 4.90 Å². The molecule has 1 aromatic rings. The van der Waals surface area contributed by atoms with Gasteiger partial charge in [-0.2, -0.15) is 0 Å². The molecule has 1 rings (SSSR count). The Balaban J connectivity index is 2.55. The second-order valence-corrected chi connectivity index (χ2v) is 4.70. The van der Waals surface area contributed by atoms with Gasteiger partial charge in [-0.3, -0.25) is 4.79 Å². The van der Waals surface area contributed by atoms with Gasteiger partial charge in [0.15, 0.2) is 0 Å². The van der Waals surface area contributed by atoms with Crippen LogP contribution in [0.4, 0.5) is 5.69 Å². The summed E-state index contributed by atoms with van der Waals surface area (Å²) in [6, 6.07) is 7.43. The molecule has 0 bridgehead atoms. The molecule has 0 unspecified atom stereocenters. The van der Waals surface area contributed by atoms with Crippen LogP contribution >= 0.6 is 0 Å². The molecule has 5 nitrogen and oxygen atoms in total. The zero-order chi connectivity index (χ0) is 15.5. The van der Waals surface area contributed by atoms with Crippen molar-refractivity contribution in [2.24, 2.45) is 0 Å². The summed E-state index contributed by atoms with van der Waals surface area (Å²) in [5.74, 6) is 0.0695. The van der Waals surface area contributed by atoms with E-state index < -0.39 is 0 Å². The molecule has 0 fully saturated rings. The van der Waals surface area contributed by atoms with Gasteiger partial charge in [0.25, 0.3) is 0 Å². The molecule has 0 aliphatic carbocycles. The molecule has 118 valence electrons. The second kappa shape index (κ2) is 10.2. The summed E-state index contributed by atoms with van der Waals surface area (Å²) < 4.78 is 10.7. The van der Waals surface area contributed by atoms with Gasteiger partial charge in [-0.1, -0.05) is 12.1 Å². The molecule has 21 heavy (non-hydrogen) atoms. The van der Waals surface area contributed by atoms with E-state index in [2.05, 4.69) is 0 Å². The van der Waals surface area contributed by atoms with Gasteiger partial charge in [0.1, 0.15) is 0 Å². The first-order valence-corrected chi connectivity index (χ1v) is 7.45. The molecule has 1 aromatic carbocycles. The monoisotopic (exact) mass is 294 g/mol. The van der Waals surface area contributed by atoms with Crippen molar-refractivity contribution < 1.29 is 14.3 Å². The first kappa shape index (κ1) is 17.5. The number of hydrogen-bond donors (Lipinski definition) is 1. The number of benzene rings is 1. The Morgan fingerprint density at radius 3 is 2.29 bits per heavy atom. The highest BCUT2D eigenvalue weighted by atomic mass is 16.5. The molecule has 5 heteroatoms. The van der Waals surface area contributed by atoms with Crippen molar-refractivity contribution in [2.75, 3.05) is 45.3 Å². The lowest BCUT2D eigenvalue weighted by molar-refractivity contribution is -0.132. The molecular formula is C16H26N2O3. The van der Waals surface area contributed by atoms with Crippen molar-refractivity contribution in [1.29, 1.82) is 0 Å². The normalized spacial score (nSPS) is 10.6. The Labute approximate surface area is 127 Å². The molecule has 0 radical (unpaired) electrons. The molecule has 1 amide bonds. The summed E-state index contributed by atoms with van der Waals surface area (Å²) in [6.45, 7) is 7.46. The highest BCUT2D eigenvalue weighted by Gasteiger charge is 2.14. The third-order valence-electron chi connectivity index (χ3n) is 3.08. The molecule has 0 saturated heterocycles. The summed E-state index contributed by atoms with van der Waals surface area (Å²) in [5.41, 5.74) is 7.35. The van der Waals surface area contributed by atoms with Gasteiger partial charge < -0.3 is 20.1 Å². The Morgan fingerprint density at radius 2 is 1.76 bits per heavy atom. The van der Waals surface area contributed by atoms with Crippen LogP contribution in [0, 0.1) is 0 Å². The summed E-state index contributed by atoms with van der Waals surface area (Å²) >= 11 is 0.